The Bertz CT molecular complexity index is 594. The van der Waals surface area contributed by atoms with Gasteiger partial charge in [0, 0.05) is 17.3 Å². The van der Waals surface area contributed by atoms with Crippen LogP contribution in [0.4, 0.5) is 5.13 Å². The molecule has 0 spiro atoms. The molecule has 7 heteroatoms. The van der Waals surface area contributed by atoms with Gasteiger partial charge in [-0.25, -0.2) is 9.97 Å². The van der Waals surface area contributed by atoms with Crippen LogP contribution in [0.3, 0.4) is 0 Å². The van der Waals surface area contributed by atoms with E-state index in [0.717, 1.165) is 29.5 Å². The number of aryl methyl sites for hydroxylation is 1. The monoisotopic (exact) mass is 292 g/mol. The third-order valence-corrected chi connectivity index (χ3v) is 4.34. The molecule has 1 unspecified atom stereocenters. The van der Waals surface area contributed by atoms with E-state index in [9.17, 15) is 4.79 Å². The van der Waals surface area contributed by atoms with Gasteiger partial charge in [-0.3, -0.25) is 4.79 Å². The lowest BCUT2D eigenvalue weighted by Gasteiger charge is -2.07. The van der Waals surface area contributed by atoms with Gasteiger partial charge < -0.3 is 15.0 Å². The van der Waals surface area contributed by atoms with Gasteiger partial charge >= 0.3 is 5.97 Å². The third kappa shape index (κ3) is 2.53. The van der Waals surface area contributed by atoms with E-state index in [-0.39, 0.29) is 11.9 Å². The van der Waals surface area contributed by atoms with Crippen LogP contribution in [0, 0.1) is 0 Å². The van der Waals surface area contributed by atoms with Crippen molar-refractivity contribution in [1.82, 2.24) is 15.0 Å². The molecule has 0 saturated carbocycles. The minimum atomic E-state index is -0.194. The zero-order valence-electron chi connectivity index (χ0n) is 11.2. The van der Waals surface area contributed by atoms with Crippen molar-refractivity contribution in [3.8, 4) is 0 Å². The third-order valence-electron chi connectivity index (χ3n) is 3.25. The minimum Gasteiger partial charge on any atom is -0.465 e. The first kappa shape index (κ1) is 13.1. The Hall–Kier alpha value is -1.89. The van der Waals surface area contributed by atoms with Crippen LogP contribution in [0.2, 0.25) is 0 Å². The Balaban J connectivity index is 1.68. The standard InChI is InChI=1S/C13H16N4O2S/c1-2-19-12(18)8-3-4-9-11(8)17-13(20-9)16-7-10-14-5-6-15-10/h5-6,8H,2-4,7H2,1H3,(H,14,15)(H,16,17). The fraction of sp³-hybridized carbons (Fsp3) is 0.462. The van der Waals surface area contributed by atoms with E-state index < -0.39 is 0 Å². The zero-order valence-corrected chi connectivity index (χ0v) is 12.0. The fourth-order valence-corrected chi connectivity index (χ4v) is 3.36. The normalized spacial score (nSPS) is 16.9. The zero-order chi connectivity index (χ0) is 13.9. The number of fused-ring (bicyclic) bond motifs is 1. The van der Waals surface area contributed by atoms with E-state index in [4.69, 9.17) is 4.74 Å². The van der Waals surface area contributed by atoms with E-state index in [0.29, 0.717) is 13.2 Å². The van der Waals surface area contributed by atoms with Crippen molar-refractivity contribution in [2.45, 2.75) is 32.2 Å². The van der Waals surface area contributed by atoms with Crippen LogP contribution in [-0.2, 0) is 22.5 Å². The number of esters is 1. The molecule has 0 bridgehead atoms. The maximum absolute atomic E-state index is 11.9. The number of carbonyl (C=O) groups is 1. The summed E-state index contributed by atoms with van der Waals surface area (Å²) < 4.78 is 5.10. The maximum atomic E-state index is 11.9. The molecule has 106 valence electrons. The van der Waals surface area contributed by atoms with Crippen molar-refractivity contribution in [1.29, 1.82) is 0 Å². The largest absolute Gasteiger partial charge is 0.465 e. The second-order valence-electron chi connectivity index (χ2n) is 4.56. The number of nitrogens with one attached hydrogen (secondary N) is 2. The van der Waals surface area contributed by atoms with Crippen molar-refractivity contribution in [2.24, 2.45) is 0 Å². The van der Waals surface area contributed by atoms with Crippen molar-refractivity contribution in [2.75, 3.05) is 11.9 Å². The highest BCUT2D eigenvalue weighted by atomic mass is 32.1. The first-order valence-corrected chi connectivity index (χ1v) is 7.48. The number of thiazole rings is 1. The number of hydrogen-bond donors (Lipinski definition) is 2. The first-order valence-electron chi connectivity index (χ1n) is 6.66. The average Bonchev–Trinajstić information content (AvgIpc) is 3.13. The molecule has 6 nitrogen and oxygen atoms in total. The summed E-state index contributed by atoms with van der Waals surface area (Å²) in [4.78, 5) is 24.8. The number of imidazole rings is 1. The summed E-state index contributed by atoms with van der Waals surface area (Å²) in [7, 11) is 0. The van der Waals surface area contributed by atoms with Gasteiger partial charge in [0.1, 0.15) is 11.7 Å². The lowest BCUT2D eigenvalue weighted by molar-refractivity contribution is -0.145. The first-order chi connectivity index (χ1) is 9.78. The molecule has 0 saturated heterocycles. The molecule has 0 aliphatic heterocycles. The Morgan fingerprint density at radius 1 is 1.65 bits per heavy atom. The highest BCUT2D eigenvalue weighted by molar-refractivity contribution is 7.15. The van der Waals surface area contributed by atoms with Gasteiger partial charge in [0.15, 0.2) is 5.13 Å². The van der Waals surface area contributed by atoms with Gasteiger partial charge in [-0.1, -0.05) is 0 Å². The van der Waals surface area contributed by atoms with Crippen molar-refractivity contribution in [3.05, 3.63) is 28.8 Å². The molecule has 0 radical (unpaired) electrons. The summed E-state index contributed by atoms with van der Waals surface area (Å²) in [6.45, 7) is 2.84. The number of H-pyrrole nitrogens is 1. The van der Waals surface area contributed by atoms with Gasteiger partial charge in [0.2, 0.25) is 0 Å². The SMILES string of the molecule is CCOC(=O)C1CCc2sc(NCc3ncc[nH]3)nc21. The fourth-order valence-electron chi connectivity index (χ4n) is 2.33. The molecule has 2 aromatic rings. The van der Waals surface area contributed by atoms with Crippen molar-refractivity contribution < 1.29 is 9.53 Å². The summed E-state index contributed by atoms with van der Waals surface area (Å²) >= 11 is 1.61. The number of anilines is 1. The minimum absolute atomic E-state index is 0.158. The van der Waals surface area contributed by atoms with Gasteiger partial charge in [0.25, 0.3) is 0 Å². The van der Waals surface area contributed by atoms with Crippen LogP contribution < -0.4 is 5.32 Å². The lowest BCUT2D eigenvalue weighted by Crippen LogP contribution is -2.14. The van der Waals surface area contributed by atoms with E-state index in [1.165, 1.54) is 4.88 Å². The molecule has 1 aliphatic rings. The number of aromatic amines is 1. The van der Waals surface area contributed by atoms with Crippen LogP contribution in [0.15, 0.2) is 12.4 Å². The van der Waals surface area contributed by atoms with Crippen molar-refractivity contribution in [3.63, 3.8) is 0 Å². The van der Waals surface area contributed by atoms with Crippen LogP contribution in [0.25, 0.3) is 0 Å². The molecule has 20 heavy (non-hydrogen) atoms. The van der Waals surface area contributed by atoms with Crippen LogP contribution in [-0.4, -0.2) is 27.5 Å². The van der Waals surface area contributed by atoms with Gasteiger partial charge in [-0.2, -0.15) is 0 Å². The molecular formula is C13H16N4O2S. The second kappa shape index (κ2) is 5.62. The summed E-state index contributed by atoms with van der Waals surface area (Å²) in [6.07, 6.45) is 5.22. The van der Waals surface area contributed by atoms with Gasteiger partial charge in [0.05, 0.1) is 18.8 Å². The number of carbonyl (C=O) groups excluding carboxylic acids is 1. The summed E-state index contributed by atoms with van der Waals surface area (Å²) in [6, 6.07) is 0. The predicted octanol–water partition coefficient (Wildman–Crippen LogP) is 2.07. The average molecular weight is 292 g/mol. The topological polar surface area (TPSA) is 79.9 Å². The number of rotatable bonds is 5. The molecule has 2 N–H and O–H groups in total. The highest BCUT2D eigenvalue weighted by Gasteiger charge is 2.33. The number of hydrogen-bond acceptors (Lipinski definition) is 6. The van der Waals surface area contributed by atoms with E-state index in [1.807, 2.05) is 6.92 Å². The van der Waals surface area contributed by atoms with Gasteiger partial charge in [-0.15, -0.1) is 11.3 Å². The quantitative estimate of drug-likeness (QED) is 0.825. The van der Waals surface area contributed by atoms with E-state index in [1.54, 1.807) is 23.7 Å². The molecule has 1 atom stereocenters. The Labute approximate surface area is 120 Å². The van der Waals surface area contributed by atoms with Crippen LogP contribution >= 0.6 is 11.3 Å². The molecule has 2 aromatic heterocycles. The molecule has 0 amide bonds. The molecular weight excluding hydrogens is 276 g/mol. The molecule has 2 heterocycles. The summed E-state index contributed by atoms with van der Waals surface area (Å²) in [5.41, 5.74) is 0.885. The predicted molar refractivity (Wildman–Crippen MR) is 75.7 cm³/mol. The number of nitrogens with zero attached hydrogens (tertiary/aromatic N) is 2. The number of ether oxygens (including phenoxy) is 1. The Morgan fingerprint density at radius 2 is 2.55 bits per heavy atom. The Kier molecular flexibility index (Phi) is 3.68. The molecule has 3 rings (SSSR count). The molecule has 0 fully saturated rings. The summed E-state index contributed by atoms with van der Waals surface area (Å²) in [5.74, 6) is 0.511. The maximum Gasteiger partial charge on any atom is 0.315 e. The van der Waals surface area contributed by atoms with E-state index >= 15 is 0 Å². The smallest absolute Gasteiger partial charge is 0.315 e. The summed E-state index contributed by atoms with van der Waals surface area (Å²) in [5, 5.41) is 4.06. The highest BCUT2D eigenvalue weighted by Crippen LogP contribution is 2.38. The van der Waals surface area contributed by atoms with Crippen molar-refractivity contribution >= 4 is 22.4 Å². The Morgan fingerprint density at radius 3 is 3.30 bits per heavy atom. The van der Waals surface area contributed by atoms with Crippen LogP contribution in [0.5, 0.6) is 0 Å². The van der Waals surface area contributed by atoms with Crippen LogP contribution in [0.1, 0.15) is 35.7 Å². The molecule has 0 aromatic carbocycles. The second-order valence-corrected chi connectivity index (χ2v) is 5.64. The molecule has 1 aliphatic carbocycles. The van der Waals surface area contributed by atoms with Gasteiger partial charge in [-0.05, 0) is 19.8 Å². The van der Waals surface area contributed by atoms with E-state index in [2.05, 4.69) is 20.3 Å². The number of aromatic nitrogens is 3. The lowest BCUT2D eigenvalue weighted by atomic mass is 10.1.